The van der Waals surface area contributed by atoms with Gasteiger partial charge in [0.2, 0.25) is 0 Å². The van der Waals surface area contributed by atoms with Crippen LogP contribution in [0, 0.1) is 0 Å². The molecule has 2 N–H and O–H groups in total. The van der Waals surface area contributed by atoms with E-state index >= 15 is 0 Å². The Morgan fingerprint density at radius 1 is 0.970 bits per heavy atom. The van der Waals surface area contributed by atoms with Crippen LogP contribution in [-0.2, 0) is 9.59 Å². The minimum atomic E-state index is -0.603. The molecule has 4 aromatic rings. The highest BCUT2D eigenvalue weighted by atomic mass is 32.1. The molecule has 5 rings (SSSR count). The Morgan fingerprint density at radius 2 is 1.70 bits per heavy atom. The van der Waals surface area contributed by atoms with Gasteiger partial charge in [-0.1, -0.05) is 30.3 Å². The molecule has 1 aliphatic rings. The molecule has 1 saturated heterocycles. The summed E-state index contributed by atoms with van der Waals surface area (Å²) in [6, 6.07) is 18.6. The Bertz CT molecular complexity index is 1510. The van der Waals surface area contributed by atoms with Crippen molar-refractivity contribution in [3.8, 4) is 5.75 Å². The number of hydrogen-bond acceptors (Lipinski definition) is 5. The van der Waals surface area contributed by atoms with Gasteiger partial charge < -0.3 is 4.74 Å². The van der Waals surface area contributed by atoms with Crippen LogP contribution in [0.4, 0.5) is 0 Å². The Kier molecular flexibility index (Phi) is 4.99. The Labute approximate surface area is 193 Å². The highest BCUT2D eigenvalue weighted by Gasteiger charge is 2.26. The molecule has 0 saturated carbocycles. The minimum absolute atomic E-state index is 0.0438. The van der Waals surface area contributed by atoms with E-state index in [0.29, 0.717) is 27.8 Å². The molecule has 2 amide bonds. The topological polar surface area (TPSA) is 89.4 Å². The quantitative estimate of drug-likeness (QED) is 0.281. The van der Waals surface area contributed by atoms with Gasteiger partial charge in [0.25, 0.3) is 17.7 Å². The number of amides is 2. The van der Waals surface area contributed by atoms with Crippen LogP contribution in [0.15, 0.2) is 72.4 Å². The third-order valence-corrected chi connectivity index (χ3v) is 5.71. The van der Waals surface area contributed by atoms with Crippen LogP contribution in [0.1, 0.15) is 15.9 Å². The van der Waals surface area contributed by atoms with Gasteiger partial charge in [-0.2, -0.15) is 0 Å². The van der Waals surface area contributed by atoms with Gasteiger partial charge in [-0.05, 0) is 59.4 Å². The van der Waals surface area contributed by atoms with Crippen molar-refractivity contribution in [3.05, 3.63) is 83.6 Å². The monoisotopic (exact) mass is 455 g/mol. The molecule has 1 aromatic heterocycles. The third-order valence-electron chi connectivity index (χ3n) is 5.50. The second kappa shape index (κ2) is 7.99. The number of nitrogens with zero attached hydrogens (tertiary/aromatic N) is 1. The summed E-state index contributed by atoms with van der Waals surface area (Å²) in [7, 11) is 1.54. The molecular weight excluding hydrogens is 438 g/mol. The Balaban J connectivity index is 1.66. The molecular formula is C25H17N3O4S. The van der Waals surface area contributed by atoms with Crippen molar-refractivity contribution in [2.24, 2.45) is 0 Å². The first-order valence-electron chi connectivity index (χ1n) is 10.1. The van der Waals surface area contributed by atoms with E-state index in [2.05, 4.69) is 10.6 Å². The molecule has 0 atom stereocenters. The van der Waals surface area contributed by atoms with E-state index in [1.165, 1.54) is 10.6 Å². The fourth-order valence-corrected chi connectivity index (χ4v) is 4.05. The van der Waals surface area contributed by atoms with E-state index in [1.54, 1.807) is 37.6 Å². The normalized spacial score (nSPS) is 13.7. The van der Waals surface area contributed by atoms with Crippen LogP contribution in [0.2, 0.25) is 0 Å². The second-order valence-corrected chi connectivity index (χ2v) is 7.91. The van der Waals surface area contributed by atoms with Gasteiger partial charge in [0.1, 0.15) is 11.3 Å². The lowest BCUT2D eigenvalue weighted by Crippen LogP contribution is -2.51. The third kappa shape index (κ3) is 3.66. The molecule has 0 bridgehead atoms. The molecule has 0 radical (unpaired) electrons. The molecule has 8 heteroatoms. The highest BCUT2D eigenvalue weighted by Crippen LogP contribution is 2.29. The van der Waals surface area contributed by atoms with Crippen LogP contribution in [0.5, 0.6) is 5.75 Å². The van der Waals surface area contributed by atoms with E-state index in [-0.39, 0.29) is 16.6 Å². The summed E-state index contributed by atoms with van der Waals surface area (Å²) in [6.45, 7) is 0. The van der Waals surface area contributed by atoms with Crippen molar-refractivity contribution in [1.82, 2.24) is 15.2 Å². The maximum atomic E-state index is 13.5. The number of carbonyl (C=O) groups excluding carboxylic acids is 3. The van der Waals surface area contributed by atoms with Gasteiger partial charge in [0, 0.05) is 22.7 Å². The molecule has 162 valence electrons. The van der Waals surface area contributed by atoms with E-state index < -0.39 is 11.8 Å². The summed E-state index contributed by atoms with van der Waals surface area (Å²) in [5, 5.41) is 7.44. The lowest BCUT2D eigenvalue weighted by Gasteiger charge is -2.16. The van der Waals surface area contributed by atoms with E-state index in [9.17, 15) is 14.4 Å². The largest absolute Gasteiger partial charge is 0.497 e. The van der Waals surface area contributed by atoms with Crippen molar-refractivity contribution in [1.29, 1.82) is 0 Å². The van der Waals surface area contributed by atoms with E-state index in [1.807, 2.05) is 36.4 Å². The maximum Gasteiger partial charge on any atom is 0.263 e. The second-order valence-electron chi connectivity index (χ2n) is 7.50. The van der Waals surface area contributed by atoms with Gasteiger partial charge >= 0.3 is 0 Å². The molecule has 33 heavy (non-hydrogen) atoms. The van der Waals surface area contributed by atoms with Crippen LogP contribution in [-0.4, -0.2) is 34.5 Å². The zero-order valence-corrected chi connectivity index (χ0v) is 18.2. The van der Waals surface area contributed by atoms with Crippen LogP contribution < -0.4 is 15.4 Å². The van der Waals surface area contributed by atoms with Crippen molar-refractivity contribution < 1.29 is 19.1 Å². The zero-order chi connectivity index (χ0) is 23.1. The van der Waals surface area contributed by atoms with Crippen LogP contribution in [0.3, 0.4) is 0 Å². The highest BCUT2D eigenvalue weighted by molar-refractivity contribution is 7.80. The molecule has 0 spiro atoms. The average Bonchev–Trinajstić information content (AvgIpc) is 3.18. The van der Waals surface area contributed by atoms with Gasteiger partial charge in [0.15, 0.2) is 5.11 Å². The number of rotatable bonds is 3. The number of methoxy groups -OCH3 is 1. The Hall–Kier alpha value is -4.30. The van der Waals surface area contributed by atoms with Gasteiger partial charge in [0.05, 0.1) is 12.6 Å². The first kappa shape index (κ1) is 20.6. The van der Waals surface area contributed by atoms with E-state index in [0.717, 1.165) is 10.8 Å². The number of benzene rings is 3. The number of ether oxygens (including phenoxy) is 1. The number of nitrogens with one attached hydrogen (secondary N) is 2. The lowest BCUT2D eigenvalue weighted by atomic mass is 10.1. The summed E-state index contributed by atoms with van der Waals surface area (Å²) >= 11 is 4.86. The summed E-state index contributed by atoms with van der Waals surface area (Å²) in [5.74, 6) is -0.863. The maximum absolute atomic E-state index is 13.5. The fourth-order valence-electron chi connectivity index (χ4n) is 3.87. The molecule has 1 fully saturated rings. The van der Waals surface area contributed by atoms with Crippen molar-refractivity contribution in [3.63, 3.8) is 0 Å². The van der Waals surface area contributed by atoms with Gasteiger partial charge in [-0.15, -0.1) is 0 Å². The lowest BCUT2D eigenvalue weighted by molar-refractivity contribution is -0.123. The summed E-state index contributed by atoms with van der Waals surface area (Å²) < 4.78 is 6.84. The predicted octanol–water partition coefficient (Wildman–Crippen LogP) is 3.41. The fraction of sp³-hybridized carbons (Fsp3) is 0.0400. The van der Waals surface area contributed by atoms with Gasteiger partial charge in [-0.3, -0.25) is 29.6 Å². The minimum Gasteiger partial charge on any atom is -0.497 e. The molecule has 2 heterocycles. The molecule has 0 aliphatic carbocycles. The predicted molar refractivity (Wildman–Crippen MR) is 129 cm³/mol. The Morgan fingerprint density at radius 3 is 2.42 bits per heavy atom. The van der Waals surface area contributed by atoms with Crippen molar-refractivity contribution >= 4 is 62.8 Å². The summed E-state index contributed by atoms with van der Waals surface area (Å²) in [5.41, 5.74) is 1.54. The van der Waals surface area contributed by atoms with E-state index in [4.69, 9.17) is 17.0 Å². The van der Waals surface area contributed by atoms with Crippen molar-refractivity contribution in [2.45, 2.75) is 0 Å². The molecule has 7 nitrogen and oxygen atoms in total. The molecule has 1 aliphatic heterocycles. The molecule has 0 unspecified atom stereocenters. The SMILES string of the molecule is COc1ccc2c(c1)c(C=C1C(=O)NC(=S)NC1=O)cn2C(=O)c1ccc2ccccc2c1. The number of fused-ring (bicyclic) bond motifs is 2. The summed E-state index contributed by atoms with van der Waals surface area (Å²) in [4.78, 5) is 38.1. The first-order chi connectivity index (χ1) is 15.9. The standard InChI is InChI=1S/C25H17N3O4S/c1-32-18-8-9-21-19(12-18)17(11-20-22(29)26-25(33)27-23(20)30)13-28(21)24(31)16-7-6-14-4-2-3-5-15(14)10-16/h2-13H,1H3,(H2,26,27,29,30,33). The number of hydrogen-bond donors (Lipinski definition) is 2. The smallest absolute Gasteiger partial charge is 0.263 e. The number of thiocarbonyl (C=S) groups is 1. The first-order valence-corrected chi connectivity index (χ1v) is 10.5. The average molecular weight is 455 g/mol. The van der Waals surface area contributed by atoms with Crippen LogP contribution >= 0.6 is 12.2 Å². The number of carbonyl (C=O) groups is 3. The molecule has 3 aromatic carbocycles. The summed E-state index contributed by atoms with van der Waals surface area (Å²) in [6.07, 6.45) is 3.06. The van der Waals surface area contributed by atoms with Gasteiger partial charge in [-0.25, -0.2) is 0 Å². The van der Waals surface area contributed by atoms with Crippen LogP contribution in [0.25, 0.3) is 27.8 Å². The van der Waals surface area contributed by atoms with Crippen molar-refractivity contribution in [2.75, 3.05) is 7.11 Å². The zero-order valence-electron chi connectivity index (χ0n) is 17.4. The number of aromatic nitrogens is 1.